The zero-order valence-corrected chi connectivity index (χ0v) is 16.7. The number of amides is 1. The Morgan fingerprint density at radius 3 is 2.52 bits per heavy atom. The first-order valence-electron chi connectivity index (χ1n) is 10.0. The fourth-order valence-corrected chi connectivity index (χ4v) is 4.07. The van der Waals surface area contributed by atoms with Gasteiger partial charge >= 0.3 is 0 Å². The molecule has 0 bridgehead atoms. The predicted molar refractivity (Wildman–Crippen MR) is 109 cm³/mol. The van der Waals surface area contributed by atoms with E-state index in [1.807, 2.05) is 31.4 Å². The Labute approximate surface area is 169 Å². The molecule has 0 aromatic heterocycles. The van der Waals surface area contributed by atoms with E-state index in [1.54, 1.807) is 4.90 Å². The lowest BCUT2D eigenvalue weighted by Crippen LogP contribution is -2.48. The molecule has 2 unspecified atom stereocenters. The third kappa shape index (κ3) is 4.17. The normalized spacial score (nSPS) is 25.0. The van der Waals surface area contributed by atoms with Crippen molar-refractivity contribution in [1.29, 1.82) is 0 Å². The van der Waals surface area contributed by atoms with Crippen molar-refractivity contribution < 1.29 is 13.6 Å². The zero-order valence-electron chi connectivity index (χ0n) is 16.7. The Morgan fingerprint density at radius 2 is 1.79 bits per heavy atom. The summed E-state index contributed by atoms with van der Waals surface area (Å²) in [6.07, 6.45) is 10.1. The molecule has 1 amide bonds. The van der Waals surface area contributed by atoms with Crippen molar-refractivity contribution in [1.82, 2.24) is 15.1 Å². The van der Waals surface area contributed by atoms with E-state index < -0.39 is 11.6 Å². The van der Waals surface area contributed by atoms with Gasteiger partial charge in [0.25, 0.3) is 5.91 Å². The standard InChI is InChI=1S/C23H25F2N3O/c1-15-3-4-20-5-6-21(27-8-7-26-16(2)13-27)14-28(20)23(29)12-22(15)17-9-18(24)11-19(25)10-17/h4-6,9-12,14-16,26H,3,7-8,13H2,1-2H3. The Bertz CT molecular complexity index is 927. The molecule has 3 aliphatic heterocycles. The van der Waals surface area contributed by atoms with Crippen molar-refractivity contribution in [3.05, 3.63) is 77.3 Å². The van der Waals surface area contributed by atoms with Gasteiger partial charge in [-0.15, -0.1) is 0 Å². The first-order chi connectivity index (χ1) is 13.9. The van der Waals surface area contributed by atoms with Crippen molar-refractivity contribution in [2.24, 2.45) is 5.92 Å². The number of benzene rings is 1. The molecular weight excluding hydrogens is 372 g/mol. The number of fused-ring (bicyclic) bond motifs is 1. The lowest BCUT2D eigenvalue weighted by Gasteiger charge is -2.36. The first-order valence-corrected chi connectivity index (χ1v) is 10.0. The maximum Gasteiger partial charge on any atom is 0.255 e. The van der Waals surface area contributed by atoms with E-state index in [9.17, 15) is 13.6 Å². The highest BCUT2D eigenvalue weighted by atomic mass is 19.1. The molecule has 1 saturated heterocycles. The molecule has 6 heteroatoms. The first kappa shape index (κ1) is 19.6. The summed E-state index contributed by atoms with van der Waals surface area (Å²) < 4.78 is 27.5. The maximum absolute atomic E-state index is 13.7. The zero-order chi connectivity index (χ0) is 20.5. The highest BCUT2D eigenvalue weighted by molar-refractivity contribution is 5.98. The van der Waals surface area contributed by atoms with Gasteiger partial charge in [-0.05, 0) is 54.7 Å². The summed E-state index contributed by atoms with van der Waals surface area (Å²) >= 11 is 0. The molecule has 4 rings (SSSR count). The molecule has 3 heterocycles. The number of carbonyl (C=O) groups is 1. The van der Waals surface area contributed by atoms with Crippen LogP contribution in [-0.4, -0.2) is 41.4 Å². The van der Waals surface area contributed by atoms with Crippen LogP contribution in [0.25, 0.3) is 5.57 Å². The molecule has 0 spiro atoms. The lowest BCUT2D eigenvalue weighted by atomic mass is 9.89. The number of hydrogen-bond donors (Lipinski definition) is 1. The number of halogens is 2. The van der Waals surface area contributed by atoms with Gasteiger partial charge < -0.3 is 10.2 Å². The Morgan fingerprint density at radius 1 is 1.07 bits per heavy atom. The van der Waals surface area contributed by atoms with Gasteiger partial charge in [-0.3, -0.25) is 9.69 Å². The van der Waals surface area contributed by atoms with Crippen LogP contribution >= 0.6 is 0 Å². The highest BCUT2D eigenvalue weighted by Gasteiger charge is 2.25. The topological polar surface area (TPSA) is 35.6 Å². The second-order valence-corrected chi connectivity index (χ2v) is 7.92. The highest BCUT2D eigenvalue weighted by Crippen LogP contribution is 2.32. The average Bonchev–Trinajstić information content (AvgIpc) is 2.68. The number of nitrogens with one attached hydrogen (secondary N) is 1. The number of allylic oxidation sites excluding steroid dienone is 4. The van der Waals surface area contributed by atoms with Gasteiger partial charge in [-0.2, -0.15) is 0 Å². The summed E-state index contributed by atoms with van der Waals surface area (Å²) in [5.74, 6) is -1.54. The molecule has 152 valence electrons. The van der Waals surface area contributed by atoms with Crippen LogP contribution in [0.2, 0.25) is 0 Å². The third-order valence-corrected chi connectivity index (χ3v) is 5.62. The monoisotopic (exact) mass is 397 g/mol. The summed E-state index contributed by atoms with van der Waals surface area (Å²) in [6, 6.07) is 3.79. The van der Waals surface area contributed by atoms with Crippen LogP contribution in [0.4, 0.5) is 8.78 Å². The van der Waals surface area contributed by atoms with E-state index in [0.717, 1.165) is 37.1 Å². The molecule has 3 aliphatic rings. The lowest BCUT2D eigenvalue weighted by molar-refractivity contribution is -0.122. The van der Waals surface area contributed by atoms with Gasteiger partial charge in [-0.1, -0.05) is 13.0 Å². The molecule has 0 saturated carbocycles. The SMILES string of the molecule is CC1CN(C2=CN3C(=O)C=C(c4cc(F)cc(F)c4)C(C)CC=C3C=C2)CCN1. The van der Waals surface area contributed by atoms with Gasteiger partial charge in [0.2, 0.25) is 0 Å². The van der Waals surface area contributed by atoms with Gasteiger partial charge in [0.1, 0.15) is 11.6 Å². The van der Waals surface area contributed by atoms with Gasteiger partial charge in [0, 0.05) is 49.7 Å². The molecule has 1 fully saturated rings. The van der Waals surface area contributed by atoms with E-state index >= 15 is 0 Å². The van der Waals surface area contributed by atoms with Crippen LogP contribution in [0.3, 0.4) is 0 Å². The van der Waals surface area contributed by atoms with Crippen LogP contribution in [-0.2, 0) is 4.79 Å². The minimum absolute atomic E-state index is 0.0393. The second kappa shape index (κ2) is 7.95. The minimum Gasteiger partial charge on any atom is -0.368 e. The van der Waals surface area contributed by atoms with Crippen molar-refractivity contribution in [2.75, 3.05) is 19.6 Å². The third-order valence-electron chi connectivity index (χ3n) is 5.62. The Kier molecular flexibility index (Phi) is 5.37. The predicted octanol–water partition coefficient (Wildman–Crippen LogP) is 3.81. The van der Waals surface area contributed by atoms with Crippen LogP contribution in [0.15, 0.2) is 60.1 Å². The average molecular weight is 397 g/mol. The van der Waals surface area contributed by atoms with E-state index in [2.05, 4.69) is 17.1 Å². The van der Waals surface area contributed by atoms with Crippen LogP contribution < -0.4 is 5.32 Å². The molecule has 1 aromatic carbocycles. The number of carbonyl (C=O) groups excluding carboxylic acids is 1. The molecule has 1 N–H and O–H groups in total. The smallest absolute Gasteiger partial charge is 0.255 e. The van der Waals surface area contributed by atoms with Gasteiger partial charge in [0.15, 0.2) is 0 Å². The van der Waals surface area contributed by atoms with Crippen LogP contribution in [0.1, 0.15) is 25.8 Å². The quantitative estimate of drug-likeness (QED) is 0.825. The van der Waals surface area contributed by atoms with E-state index in [4.69, 9.17) is 0 Å². The second-order valence-electron chi connectivity index (χ2n) is 7.92. The number of piperazine rings is 1. The molecule has 0 aliphatic carbocycles. The summed E-state index contributed by atoms with van der Waals surface area (Å²) in [5.41, 5.74) is 2.87. The number of hydrogen-bond acceptors (Lipinski definition) is 3. The van der Waals surface area contributed by atoms with Gasteiger partial charge in [-0.25, -0.2) is 8.78 Å². The molecule has 0 radical (unpaired) electrons. The molecular formula is C23H25F2N3O. The summed E-state index contributed by atoms with van der Waals surface area (Å²) in [6.45, 7) is 6.75. The largest absolute Gasteiger partial charge is 0.368 e. The fraction of sp³-hybridized carbons (Fsp3) is 0.348. The van der Waals surface area contributed by atoms with Crippen molar-refractivity contribution in [3.63, 3.8) is 0 Å². The Hall–Kier alpha value is -2.73. The molecule has 1 aromatic rings. The summed E-state index contributed by atoms with van der Waals surface area (Å²) in [7, 11) is 0. The molecule has 2 atom stereocenters. The Balaban J connectivity index is 1.67. The van der Waals surface area contributed by atoms with Gasteiger partial charge in [0.05, 0.1) is 5.70 Å². The van der Waals surface area contributed by atoms with E-state index in [-0.39, 0.29) is 11.8 Å². The van der Waals surface area contributed by atoms with Crippen molar-refractivity contribution in [2.45, 2.75) is 26.3 Å². The summed E-state index contributed by atoms with van der Waals surface area (Å²) in [5, 5.41) is 3.42. The molecule has 4 nitrogen and oxygen atoms in total. The van der Waals surface area contributed by atoms with Crippen LogP contribution in [0.5, 0.6) is 0 Å². The minimum atomic E-state index is -0.644. The van der Waals surface area contributed by atoms with E-state index in [0.29, 0.717) is 23.6 Å². The maximum atomic E-state index is 13.7. The van der Waals surface area contributed by atoms with Crippen molar-refractivity contribution in [3.8, 4) is 0 Å². The molecule has 29 heavy (non-hydrogen) atoms. The van der Waals surface area contributed by atoms with Crippen molar-refractivity contribution >= 4 is 11.5 Å². The number of rotatable bonds is 2. The van der Waals surface area contributed by atoms with E-state index in [1.165, 1.54) is 18.2 Å². The van der Waals surface area contributed by atoms with Crippen LogP contribution in [0, 0.1) is 17.6 Å². The fourth-order valence-electron chi connectivity index (χ4n) is 4.07. The number of nitrogens with zero attached hydrogens (tertiary/aromatic N) is 2. The summed E-state index contributed by atoms with van der Waals surface area (Å²) in [4.78, 5) is 17.0.